The number of ketones is 1. The van der Waals surface area contributed by atoms with E-state index in [-0.39, 0.29) is 17.4 Å². The number of nitrogens with zero attached hydrogens (tertiary/aromatic N) is 1. The van der Waals surface area contributed by atoms with Gasteiger partial charge in [-0.2, -0.15) is 0 Å². The van der Waals surface area contributed by atoms with Crippen molar-refractivity contribution < 1.29 is 19.1 Å². The van der Waals surface area contributed by atoms with Crippen LogP contribution in [-0.4, -0.2) is 27.7 Å². The second kappa shape index (κ2) is 7.30. The van der Waals surface area contributed by atoms with Gasteiger partial charge < -0.3 is 14.4 Å². The number of benzene rings is 1. The standard InChI is InChI=1S/C23H25NO4/c1-14(2)15-9-11-16(12-10-15)20-19(21(25)18-8-5-13-28-18)22(26)23(27)24(20)17-6-3-4-7-17/h5,8-14,17,20,26H,3-4,6-7H2,1-2H3. The van der Waals surface area contributed by atoms with Gasteiger partial charge >= 0.3 is 0 Å². The van der Waals surface area contributed by atoms with Crippen molar-refractivity contribution in [1.82, 2.24) is 4.90 Å². The van der Waals surface area contributed by atoms with E-state index in [0.717, 1.165) is 31.2 Å². The molecule has 0 radical (unpaired) electrons. The van der Waals surface area contributed by atoms with Crippen LogP contribution in [0.1, 0.15) is 73.2 Å². The van der Waals surface area contributed by atoms with Crippen molar-refractivity contribution in [3.05, 3.63) is 70.9 Å². The summed E-state index contributed by atoms with van der Waals surface area (Å²) >= 11 is 0. The summed E-state index contributed by atoms with van der Waals surface area (Å²) in [6, 6.07) is 10.6. The Balaban J connectivity index is 1.79. The third kappa shape index (κ3) is 3.05. The summed E-state index contributed by atoms with van der Waals surface area (Å²) in [4.78, 5) is 27.8. The van der Waals surface area contributed by atoms with E-state index in [4.69, 9.17) is 4.42 Å². The first kappa shape index (κ1) is 18.5. The number of carbonyl (C=O) groups is 2. The molecule has 1 N–H and O–H groups in total. The summed E-state index contributed by atoms with van der Waals surface area (Å²) in [5, 5.41) is 10.7. The molecule has 2 heterocycles. The van der Waals surface area contributed by atoms with Crippen LogP contribution >= 0.6 is 0 Å². The first-order chi connectivity index (χ1) is 13.5. The predicted octanol–water partition coefficient (Wildman–Crippen LogP) is 4.92. The minimum absolute atomic E-state index is 0.0336. The number of aliphatic hydroxyl groups excluding tert-OH is 1. The van der Waals surface area contributed by atoms with Gasteiger partial charge in [0.2, 0.25) is 5.78 Å². The monoisotopic (exact) mass is 379 g/mol. The zero-order valence-corrected chi connectivity index (χ0v) is 16.2. The summed E-state index contributed by atoms with van der Waals surface area (Å²) in [6.07, 6.45) is 5.30. The van der Waals surface area contributed by atoms with Crippen LogP contribution in [0.3, 0.4) is 0 Å². The molecule has 0 spiro atoms. The molecule has 1 fully saturated rings. The van der Waals surface area contributed by atoms with Crippen molar-refractivity contribution in [3.63, 3.8) is 0 Å². The molecule has 1 unspecified atom stereocenters. The fourth-order valence-electron chi connectivity index (χ4n) is 4.35. The average Bonchev–Trinajstić information content (AvgIpc) is 3.43. The maximum atomic E-state index is 13.1. The number of hydrogen-bond donors (Lipinski definition) is 1. The second-order valence-corrected chi connectivity index (χ2v) is 7.94. The Morgan fingerprint density at radius 1 is 1.14 bits per heavy atom. The quantitative estimate of drug-likeness (QED) is 0.748. The van der Waals surface area contributed by atoms with Crippen LogP contribution in [0.15, 0.2) is 58.4 Å². The van der Waals surface area contributed by atoms with Gasteiger partial charge in [0.1, 0.15) is 0 Å². The first-order valence-electron chi connectivity index (χ1n) is 9.93. The Labute approximate surface area is 164 Å². The minimum Gasteiger partial charge on any atom is -0.503 e. The maximum Gasteiger partial charge on any atom is 0.290 e. The molecule has 1 amide bonds. The van der Waals surface area contributed by atoms with Crippen LogP contribution in [0.4, 0.5) is 0 Å². The second-order valence-electron chi connectivity index (χ2n) is 7.94. The average molecular weight is 379 g/mol. The molecule has 4 rings (SSSR count). The Kier molecular flexibility index (Phi) is 4.84. The number of Topliss-reactive ketones (excluding diaryl/α,β-unsaturated/α-hetero) is 1. The number of aliphatic hydroxyl groups is 1. The highest BCUT2D eigenvalue weighted by molar-refractivity contribution is 6.15. The third-order valence-corrected chi connectivity index (χ3v) is 5.87. The van der Waals surface area contributed by atoms with Crippen LogP contribution < -0.4 is 0 Å². The molecule has 2 aromatic rings. The first-order valence-corrected chi connectivity index (χ1v) is 9.93. The van der Waals surface area contributed by atoms with Crippen LogP contribution in [0, 0.1) is 0 Å². The zero-order valence-electron chi connectivity index (χ0n) is 16.2. The Morgan fingerprint density at radius 3 is 2.39 bits per heavy atom. The van der Waals surface area contributed by atoms with Crippen molar-refractivity contribution in [2.45, 2.75) is 57.5 Å². The Bertz CT molecular complexity index is 903. The number of furan rings is 1. The van der Waals surface area contributed by atoms with Gasteiger partial charge in [-0.05, 0) is 42.0 Å². The van der Waals surface area contributed by atoms with E-state index >= 15 is 0 Å². The molecule has 1 saturated carbocycles. The van der Waals surface area contributed by atoms with Gasteiger partial charge in [0, 0.05) is 6.04 Å². The van der Waals surface area contributed by atoms with E-state index in [1.54, 1.807) is 17.0 Å². The fourth-order valence-corrected chi connectivity index (χ4v) is 4.35. The number of amides is 1. The van der Waals surface area contributed by atoms with E-state index in [1.165, 1.54) is 11.8 Å². The molecular weight excluding hydrogens is 354 g/mol. The Hall–Kier alpha value is -2.82. The van der Waals surface area contributed by atoms with Crippen LogP contribution in [0.2, 0.25) is 0 Å². The topological polar surface area (TPSA) is 70.7 Å². The van der Waals surface area contributed by atoms with E-state index in [9.17, 15) is 14.7 Å². The molecule has 1 aliphatic heterocycles. The lowest BCUT2D eigenvalue weighted by Crippen LogP contribution is -2.38. The van der Waals surface area contributed by atoms with Crippen molar-refractivity contribution >= 4 is 11.7 Å². The normalized spacial score (nSPS) is 20.6. The van der Waals surface area contributed by atoms with Gasteiger partial charge in [-0.15, -0.1) is 0 Å². The number of hydrogen-bond acceptors (Lipinski definition) is 4. The van der Waals surface area contributed by atoms with Gasteiger partial charge in [-0.1, -0.05) is 51.0 Å². The molecule has 1 aromatic carbocycles. The lowest BCUT2D eigenvalue weighted by molar-refractivity contribution is -0.131. The van der Waals surface area contributed by atoms with Gasteiger partial charge in [-0.3, -0.25) is 9.59 Å². The SMILES string of the molecule is CC(C)c1ccc(C2C(C(=O)c3ccco3)=C(O)C(=O)N2C2CCCC2)cc1. The largest absolute Gasteiger partial charge is 0.503 e. The molecule has 5 heteroatoms. The van der Waals surface area contributed by atoms with Gasteiger partial charge in [0.05, 0.1) is 17.9 Å². The van der Waals surface area contributed by atoms with Crippen molar-refractivity contribution in [3.8, 4) is 0 Å². The zero-order chi connectivity index (χ0) is 19.8. The number of carbonyl (C=O) groups excluding carboxylic acids is 2. The molecule has 5 nitrogen and oxygen atoms in total. The molecule has 0 saturated heterocycles. The maximum absolute atomic E-state index is 13.1. The van der Waals surface area contributed by atoms with E-state index in [1.807, 2.05) is 24.3 Å². The lowest BCUT2D eigenvalue weighted by atomic mass is 9.92. The Morgan fingerprint density at radius 2 is 1.82 bits per heavy atom. The summed E-state index contributed by atoms with van der Waals surface area (Å²) in [7, 11) is 0. The molecule has 28 heavy (non-hydrogen) atoms. The summed E-state index contributed by atoms with van der Waals surface area (Å²) in [6.45, 7) is 4.24. The smallest absolute Gasteiger partial charge is 0.290 e. The van der Waals surface area contributed by atoms with Crippen LogP contribution in [0.5, 0.6) is 0 Å². The molecule has 0 bridgehead atoms. The van der Waals surface area contributed by atoms with Gasteiger partial charge in [-0.25, -0.2) is 0 Å². The molecule has 2 aliphatic rings. The highest BCUT2D eigenvalue weighted by Crippen LogP contribution is 2.43. The number of rotatable bonds is 5. The summed E-state index contributed by atoms with van der Waals surface area (Å²) in [5.74, 6) is -0.829. The van der Waals surface area contributed by atoms with Gasteiger partial charge in [0.25, 0.3) is 5.91 Å². The summed E-state index contributed by atoms with van der Waals surface area (Å²) in [5.41, 5.74) is 2.14. The lowest BCUT2D eigenvalue weighted by Gasteiger charge is -2.32. The molecular formula is C23H25NO4. The highest BCUT2D eigenvalue weighted by Gasteiger charge is 2.47. The van der Waals surface area contributed by atoms with Crippen molar-refractivity contribution in [2.24, 2.45) is 0 Å². The third-order valence-electron chi connectivity index (χ3n) is 5.87. The summed E-state index contributed by atoms with van der Waals surface area (Å²) < 4.78 is 5.26. The van der Waals surface area contributed by atoms with E-state index in [2.05, 4.69) is 13.8 Å². The van der Waals surface area contributed by atoms with E-state index < -0.39 is 23.5 Å². The van der Waals surface area contributed by atoms with Crippen LogP contribution in [-0.2, 0) is 4.79 Å². The highest BCUT2D eigenvalue weighted by atomic mass is 16.3. The van der Waals surface area contributed by atoms with Crippen LogP contribution in [0.25, 0.3) is 0 Å². The van der Waals surface area contributed by atoms with Gasteiger partial charge in [0.15, 0.2) is 11.5 Å². The fraction of sp³-hybridized carbons (Fsp3) is 0.391. The molecule has 1 aromatic heterocycles. The molecule has 146 valence electrons. The minimum atomic E-state index is -0.589. The molecule has 1 atom stereocenters. The molecule has 1 aliphatic carbocycles. The van der Waals surface area contributed by atoms with Crippen molar-refractivity contribution in [2.75, 3.05) is 0 Å². The van der Waals surface area contributed by atoms with Crippen molar-refractivity contribution in [1.29, 1.82) is 0 Å². The predicted molar refractivity (Wildman–Crippen MR) is 105 cm³/mol. The van der Waals surface area contributed by atoms with E-state index in [0.29, 0.717) is 5.92 Å².